The highest BCUT2D eigenvalue weighted by atomic mass is 16.3. The van der Waals surface area contributed by atoms with Crippen LogP contribution in [0.1, 0.15) is 58.3 Å². The summed E-state index contributed by atoms with van der Waals surface area (Å²) in [5, 5.41) is 8.87. The van der Waals surface area contributed by atoms with E-state index in [1.807, 2.05) is 0 Å². The first-order chi connectivity index (χ1) is 6.33. The van der Waals surface area contributed by atoms with Crippen LogP contribution in [0.15, 0.2) is 0 Å². The molecule has 0 aliphatic heterocycles. The molecule has 1 nitrogen and oxygen atoms in total. The molecule has 1 fully saturated rings. The highest BCUT2D eigenvalue weighted by molar-refractivity contribution is 4.66. The second-order valence-corrected chi connectivity index (χ2v) is 4.72. The lowest BCUT2D eigenvalue weighted by molar-refractivity contribution is 0.222. The van der Waals surface area contributed by atoms with E-state index in [0.29, 0.717) is 12.5 Å². The van der Waals surface area contributed by atoms with E-state index >= 15 is 0 Å². The van der Waals surface area contributed by atoms with Crippen LogP contribution in [0, 0.1) is 11.8 Å². The minimum Gasteiger partial charge on any atom is -0.396 e. The van der Waals surface area contributed by atoms with Gasteiger partial charge in [0.25, 0.3) is 0 Å². The summed E-state index contributed by atoms with van der Waals surface area (Å²) >= 11 is 0. The Kier molecular flexibility index (Phi) is 5.45. The molecular formula is C12H24O. The van der Waals surface area contributed by atoms with Gasteiger partial charge in [-0.25, -0.2) is 0 Å². The minimum atomic E-state index is 0.366. The molecule has 1 atom stereocenters. The van der Waals surface area contributed by atoms with Crippen molar-refractivity contribution in [3.63, 3.8) is 0 Å². The van der Waals surface area contributed by atoms with E-state index in [0.717, 1.165) is 5.92 Å². The van der Waals surface area contributed by atoms with Crippen LogP contribution in [-0.4, -0.2) is 11.7 Å². The average Bonchev–Trinajstić information content (AvgIpc) is 2.19. The van der Waals surface area contributed by atoms with Gasteiger partial charge in [0, 0.05) is 6.61 Å². The van der Waals surface area contributed by atoms with Crippen molar-refractivity contribution in [2.75, 3.05) is 6.61 Å². The first kappa shape index (κ1) is 11.0. The zero-order valence-corrected chi connectivity index (χ0v) is 8.97. The highest BCUT2D eigenvalue weighted by Gasteiger charge is 2.13. The molecule has 0 spiro atoms. The van der Waals surface area contributed by atoms with Crippen molar-refractivity contribution >= 4 is 0 Å². The molecule has 13 heavy (non-hydrogen) atoms. The van der Waals surface area contributed by atoms with Gasteiger partial charge >= 0.3 is 0 Å². The van der Waals surface area contributed by atoms with Gasteiger partial charge in [0.1, 0.15) is 0 Å². The maximum Gasteiger partial charge on any atom is 0.0456 e. The topological polar surface area (TPSA) is 20.2 Å². The van der Waals surface area contributed by atoms with Crippen LogP contribution in [0.25, 0.3) is 0 Å². The predicted molar refractivity (Wildman–Crippen MR) is 56.7 cm³/mol. The Morgan fingerprint density at radius 1 is 1.23 bits per heavy atom. The Balaban J connectivity index is 1.98. The van der Waals surface area contributed by atoms with Crippen LogP contribution in [0.2, 0.25) is 0 Å². The monoisotopic (exact) mass is 184 g/mol. The summed E-state index contributed by atoms with van der Waals surface area (Å²) in [7, 11) is 0. The number of aliphatic hydroxyl groups excluding tert-OH is 1. The number of hydrogen-bond donors (Lipinski definition) is 1. The zero-order chi connectivity index (χ0) is 9.52. The lowest BCUT2D eigenvalue weighted by atomic mass is 9.85. The molecule has 1 unspecified atom stereocenters. The first-order valence-corrected chi connectivity index (χ1v) is 5.93. The second kappa shape index (κ2) is 6.42. The van der Waals surface area contributed by atoms with Gasteiger partial charge in [-0.1, -0.05) is 51.9 Å². The number of rotatable bonds is 5. The third-order valence-electron chi connectivity index (χ3n) is 3.35. The van der Waals surface area contributed by atoms with Gasteiger partial charge in [-0.3, -0.25) is 0 Å². The lowest BCUT2D eigenvalue weighted by Gasteiger charge is -2.21. The normalized spacial score (nSPS) is 21.7. The van der Waals surface area contributed by atoms with E-state index in [1.165, 1.54) is 51.4 Å². The fourth-order valence-electron chi connectivity index (χ4n) is 2.32. The van der Waals surface area contributed by atoms with E-state index in [1.54, 1.807) is 0 Å². The number of hydrogen-bond acceptors (Lipinski definition) is 1. The summed E-state index contributed by atoms with van der Waals surface area (Å²) in [6.07, 6.45) is 11.3. The standard InChI is InChI=1S/C12H24O/c1-11(10-13)6-5-9-12-7-3-2-4-8-12/h11-13H,2-10H2,1H3. The fourth-order valence-corrected chi connectivity index (χ4v) is 2.32. The third-order valence-corrected chi connectivity index (χ3v) is 3.35. The van der Waals surface area contributed by atoms with Crippen LogP contribution in [0.3, 0.4) is 0 Å². The molecule has 0 bridgehead atoms. The summed E-state index contributed by atoms with van der Waals surface area (Å²) in [6, 6.07) is 0. The van der Waals surface area contributed by atoms with Crippen molar-refractivity contribution < 1.29 is 5.11 Å². The SMILES string of the molecule is CC(CO)CCCC1CCCCC1. The van der Waals surface area contributed by atoms with Gasteiger partial charge in [0.15, 0.2) is 0 Å². The van der Waals surface area contributed by atoms with Crippen LogP contribution >= 0.6 is 0 Å². The summed E-state index contributed by atoms with van der Waals surface area (Å²) in [4.78, 5) is 0. The molecule has 78 valence electrons. The first-order valence-electron chi connectivity index (χ1n) is 5.93. The summed E-state index contributed by atoms with van der Waals surface area (Å²) < 4.78 is 0. The Hall–Kier alpha value is -0.0400. The molecule has 1 aliphatic rings. The van der Waals surface area contributed by atoms with Crippen molar-refractivity contribution in [2.24, 2.45) is 11.8 Å². The zero-order valence-electron chi connectivity index (χ0n) is 8.97. The molecular weight excluding hydrogens is 160 g/mol. The molecule has 0 aromatic heterocycles. The summed E-state index contributed by atoms with van der Waals surface area (Å²) in [5.74, 6) is 1.53. The summed E-state index contributed by atoms with van der Waals surface area (Å²) in [6.45, 7) is 2.51. The highest BCUT2D eigenvalue weighted by Crippen LogP contribution is 2.28. The molecule has 1 saturated carbocycles. The predicted octanol–water partition coefficient (Wildman–Crippen LogP) is 3.37. The van der Waals surface area contributed by atoms with Gasteiger partial charge in [-0.2, -0.15) is 0 Å². The van der Waals surface area contributed by atoms with E-state index in [2.05, 4.69) is 6.92 Å². The summed E-state index contributed by atoms with van der Waals surface area (Å²) in [5.41, 5.74) is 0. The van der Waals surface area contributed by atoms with E-state index in [9.17, 15) is 0 Å². The second-order valence-electron chi connectivity index (χ2n) is 4.72. The van der Waals surface area contributed by atoms with Crippen molar-refractivity contribution in [1.82, 2.24) is 0 Å². The van der Waals surface area contributed by atoms with Gasteiger partial charge < -0.3 is 5.11 Å². The third kappa shape index (κ3) is 4.66. The van der Waals surface area contributed by atoms with Crippen LogP contribution in [0.5, 0.6) is 0 Å². The smallest absolute Gasteiger partial charge is 0.0456 e. The molecule has 0 aromatic rings. The van der Waals surface area contributed by atoms with E-state index in [4.69, 9.17) is 5.11 Å². The van der Waals surface area contributed by atoms with Crippen LogP contribution < -0.4 is 0 Å². The Labute approximate surface area is 82.5 Å². The Morgan fingerprint density at radius 2 is 1.92 bits per heavy atom. The lowest BCUT2D eigenvalue weighted by Crippen LogP contribution is -2.07. The molecule has 0 amide bonds. The molecule has 1 rings (SSSR count). The van der Waals surface area contributed by atoms with Crippen molar-refractivity contribution in [3.8, 4) is 0 Å². The van der Waals surface area contributed by atoms with Gasteiger partial charge in [0.2, 0.25) is 0 Å². The largest absolute Gasteiger partial charge is 0.396 e. The van der Waals surface area contributed by atoms with Crippen molar-refractivity contribution in [3.05, 3.63) is 0 Å². The van der Waals surface area contributed by atoms with E-state index in [-0.39, 0.29) is 0 Å². The molecule has 0 heterocycles. The maximum atomic E-state index is 8.87. The quantitative estimate of drug-likeness (QED) is 0.694. The number of aliphatic hydroxyl groups is 1. The van der Waals surface area contributed by atoms with Crippen LogP contribution in [0.4, 0.5) is 0 Å². The fraction of sp³-hybridized carbons (Fsp3) is 1.00. The molecule has 0 aromatic carbocycles. The van der Waals surface area contributed by atoms with Crippen molar-refractivity contribution in [1.29, 1.82) is 0 Å². The molecule has 0 radical (unpaired) electrons. The minimum absolute atomic E-state index is 0.366. The molecule has 1 heteroatoms. The molecule has 1 N–H and O–H groups in total. The van der Waals surface area contributed by atoms with Crippen LogP contribution in [-0.2, 0) is 0 Å². The van der Waals surface area contributed by atoms with Gasteiger partial charge in [-0.05, 0) is 18.3 Å². The Morgan fingerprint density at radius 3 is 2.54 bits per heavy atom. The maximum absolute atomic E-state index is 8.87. The molecule has 1 aliphatic carbocycles. The Bertz CT molecular complexity index is 116. The van der Waals surface area contributed by atoms with E-state index < -0.39 is 0 Å². The van der Waals surface area contributed by atoms with Gasteiger partial charge in [-0.15, -0.1) is 0 Å². The van der Waals surface area contributed by atoms with Crippen molar-refractivity contribution in [2.45, 2.75) is 58.3 Å². The van der Waals surface area contributed by atoms with Gasteiger partial charge in [0.05, 0.1) is 0 Å². The molecule has 0 saturated heterocycles. The average molecular weight is 184 g/mol.